The Hall–Kier alpha value is -0.220. The second-order valence-corrected chi connectivity index (χ2v) is 5.31. The van der Waals surface area contributed by atoms with E-state index >= 15 is 0 Å². The maximum atomic E-state index is 11.2. The molecule has 3 nitrogen and oxygen atoms in total. The van der Waals surface area contributed by atoms with Crippen molar-refractivity contribution >= 4 is 17.7 Å². The molecule has 0 atom stereocenters. The van der Waals surface area contributed by atoms with Gasteiger partial charge in [-0.2, -0.15) is 0 Å². The summed E-state index contributed by atoms with van der Waals surface area (Å²) in [6.45, 7) is 4.15. The molecule has 2 N–H and O–H groups in total. The van der Waals surface area contributed by atoms with Crippen LogP contribution in [0.3, 0.4) is 0 Å². The molecule has 0 radical (unpaired) electrons. The zero-order chi connectivity index (χ0) is 9.84. The van der Waals surface area contributed by atoms with E-state index in [1.807, 2.05) is 0 Å². The molecule has 1 aliphatic rings. The minimum atomic E-state index is -0.192. The number of rotatable bonds is 4. The Morgan fingerprint density at radius 3 is 2.69 bits per heavy atom. The summed E-state index contributed by atoms with van der Waals surface area (Å²) in [6.07, 6.45) is 1.25. The van der Waals surface area contributed by atoms with Crippen LogP contribution in [0.1, 0.15) is 26.7 Å². The van der Waals surface area contributed by atoms with Gasteiger partial charge in [0.25, 0.3) is 0 Å². The van der Waals surface area contributed by atoms with Gasteiger partial charge < -0.3 is 10.4 Å². The summed E-state index contributed by atoms with van der Waals surface area (Å²) in [6, 6.07) is 0.218. The lowest BCUT2D eigenvalue weighted by atomic mass is 9.89. The Morgan fingerprint density at radius 1 is 1.62 bits per heavy atom. The molecule has 0 heterocycles. The van der Waals surface area contributed by atoms with Crippen molar-refractivity contribution < 1.29 is 9.90 Å². The third-order valence-corrected chi connectivity index (χ3v) is 3.12. The van der Waals surface area contributed by atoms with Crippen LogP contribution in [-0.4, -0.2) is 34.2 Å². The number of aliphatic hydroxyl groups is 1. The average molecular weight is 203 g/mol. The molecule has 0 unspecified atom stereocenters. The van der Waals surface area contributed by atoms with Gasteiger partial charge in [0.2, 0.25) is 5.91 Å². The van der Waals surface area contributed by atoms with E-state index in [2.05, 4.69) is 19.2 Å². The largest absolute Gasteiger partial charge is 0.393 e. The maximum absolute atomic E-state index is 11.2. The fourth-order valence-electron chi connectivity index (χ4n) is 1.22. The third kappa shape index (κ3) is 4.00. The first-order valence-electron chi connectivity index (χ1n) is 4.67. The third-order valence-electron chi connectivity index (χ3n) is 2.03. The highest BCUT2D eigenvalue weighted by Crippen LogP contribution is 2.19. The fourth-order valence-corrected chi connectivity index (χ4v) is 1.79. The lowest BCUT2D eigenvalue weighted by Crippen LogP contribution is -2.47. The molecule has 0 aromatic carbocycles. The van der Waals surface area contributed by atoms with Gasteiger partial charge in [0.1, 0.15) is 0 Å². The molecule has 0 bridgehead atoms. The van der Waals surface area contributed by atoms with Crippen molar-refractivity contribution in [3.05, 3.63) is 0 Å². The van der Waals surface area contributed by atoms with Crippen molar-refractivity contribution in [3.8, 4) is 0 Å². The van der Waals surface area contributed by atoms with E-state index in [0.717, 1.165) is 12.8 Å². The normalized spacial score (nSPS) is 27.1. The Kier molecular flexibility index (Phi) is 4.06. The Balaban J connectivity index is 2.05. The fraction of sp³-hybridized carbons (Fsp3) is 0.889. The summed E-state index contributed by atoms with van der Waals surface area (Å²) in [7, 11) is 0. The lowest BCUT2D eigenvalue weighted by Gasteiger charge is -2.31. The first-order chi connectivity index (χ1) is 6.08. The van der Waals surface area contributed by atoms with Crippen LogP contribution in [-0.2, 0) is 4.79 Å². The smallest absolute Gasteiger partial charge is 0.230 e. The molecule has 4 heteroatoms. The zero-order valence-corrected chi connectivity index (χ0v) is 8.93. The van der Waals surface area contributed by atoms with Gasteiger partial charge in [0, 0.05) is 6.04 Å². The highest BCUT2D eigenvalue weighted by Gasteiger charge is 2.28. The number of carbonyl (C=O) groups is 1. The quantitative estimate of drug-likeness (QED) is 0.709. The number of hydrogen-bond acceptors (Lipinski definition) is 3. The van der Waals surface area contributed by atoms with Crippen LogP contribution >= 0.6 is 11.8 Å². The topological polar surface area (TPSA) is 49.3 Å². The van der Waals surface area contributed by atoms with E-state index in [1.54, 1.807) is 11.8 Å². The molecule has 1 fully saturated rings. The Labute approximate surface area is 83.3 Å². The van der Waals surface area contributed by atoms with E-state index in [-0.39, 0.29) is 18.1 Å². The van der Waals surface area contributed by atoms with Crippen LogP contribution < -0.4 is 5.32 Å². The summed E-state index contributed by atoms with van der Waals surface area (Å²) in [5.41, 5.74) is 0. The van der Waals surface area contributed by atoms with Gasteiger partial charge in [-0.15, -0.1) is 11.8 Å². The number of aliphatic hydroxyl groups excluding tert-OH is 1. The molecule has 0 aromatic rings. The van der Waals surface area contributed by atoms with Crippen molar-refractivity contribution in [1.29, 1.82) is 0 Å². The lowest BCUT2D eigenvalue weighted by molar-refractivity contribution is -0.120. The van der Waals surface area contributed by atoms with E-state index < -0.39 is 0 Å². The number of nitrogens with one attached hydrogen (secondary N) is 1. The molecule has 0 aromatic heterocycles. The van der Waals surface area contributed by atoms with Crippen molar-refractivity contribution in [1.82, 2.24) is 5.32 Å². The first kappa shape index (κ1) is 10.9. The van der Waals surface area contributed by atoms with Crippen LogP contribution in [0.15, 0.2) is 0 Å². The van der Waals surface area contributed by atoms with E-state index in [9.17, 15) is 4.79 Å². The van der Waals surface area contributed by atoms with Crippen LogP contribution in [0.4, 0.5) is 0 Å². The van der Waals surface area contributed by atoms with E-state index in [1.165, 1.54) is 0 Å². The van der Waals surface area contributed by atoms with Gasteiger partial charge in [0.15, 0.2) is 0 Å². The number of carbonyl (C=O) groups excluding carboxylic acids is 1. The van der Waals surface area contributed by atoms with E-state index in [0.29, 0.717) is 11.0 Å². The van der Waals surface area contributed by atoms with Crippen LogP contribution in [0.2, 0.25) is 0 Å². The maximum Gasteiger partial charge on any atom is 0.230 e. The van der Waals surface area contributed by atoms with Crippen molar-refractivity contribution in [2.24, 2.45) is 0 Å². The molecule has 1 aliphatic carbocycles. The van der Waals surface area contributed by atoms with Crippen molar-refractivity contribution in [2.45, 2.75) is 44.1 Å². The minimum absolute atomic E-state index is 0.0931. The number of amides is 1. The summed E-state index contributed by atoms with van der Waals surface area (Å²) in [5.74, 6) is 0.625. The molecule has 1 saturated carbocycles. The molecule has 1 amide bonds. The first-order valence-corrected chi connectivity index (χ1v) is 5.72. The van der Waals surface area contributed by atoms with Crippen molar-refractivity contribution in [2.75, 3.05) is 5.75 Å². The molecule has 0 saturated heterocycles. The SMILES string of the molecule is CC(C)SCC(=O)NC1CC(O)C1. The molecular weight excluding hydrogens is 186 g/mol. The Bertz CT molecular complexity index is 178. The van der Waals surface area contributed by atoms with Gasteiger partial charge in [-0.05, 0) is 18.1 Å². The monoisotopic (exact) mass is 203 g/mol. The molecule has 0 spiro atoms. The highest BCUT2D eigenvalue weighted by atomic mass is 32.2. The summed E-state index contributed by atoms with van der Waals surface area (Å²) >= 11 is 1.64. The average Bonchev–Trinajstić information content (AvgIpc) is 1.98. The van der Waals surface area contributed by atoms with E-state index in [4.69, 9.17) is 5.11 Å². The van der Waals surface area contributed by atoms with Crippen LogP contribution in [0.25, 0.3) is 0 Å². The Morgan fingerprint density at radius 2 is 2.23 bits per heavy atom. The molecule has 13 heavy (non-hydrogen) atoms. The standard InChI is InChI=1S/C9H17NO2S/c1-6(2)13-5-9(12)10-7-3-8(11)4-7/h6-8,11H,3-5H2,1-2H3,(H,10,12). The second kappa shape index (κ2) is 4.86. The molecule has 1 rings (SSSR count). The number of thioether (sulfide) groups is 1. The van der Waals surface area contributed by atoms with Gasteiger partial charge in [-0.25, -0.2) is 0 Å². The van der Waals surface area contributed by atoms with Gasteiger partial charge >= 0.3 is 0 Å². The van der Waals surface area contributed by atoms with Gasteiger partial charge in [-0.3, -0.25) is 4.79 Å². The van der Waals surface area contributed by atoms with Gasteiger partial charge in [-0.1, -0.05) is 13.8 Å². The summed E-state index contributed by atoms with van der Waals surface area (Å²) in [4.78, 5) is 11.2. The molecular formula is C9H17NO2S. The number of hydrogen-bond donors (Lipinski definition) is 2. The summed E-state index contributed by atoms with van der Waals surface area (Å²) in [5, 5.41) is 12.4. The summed E-state index contributed by atoms with van der Waals surface area (Å²) < 4.78 is 0. The zero-order valence-electron chi connectivity index (χ0n) is 8.12. The second-order valence-electron chi connectivity index (χ2n) is 3.75. The van der Waals surface area contributed by atoms with Crippen LogP contribution in [0, 0.1) is 0 Å². The van der Waals surface area contributed by atoms with Gasteiger partial charge in [0.05, 0.1) is 11.9 Å². The van der Waals surface area contributed by atoms with Crippen LogP contribution in [0.5, 0.6) is 0 Å². The van der Waals surface area contributed by atoms with Crippen molar-refractivity contribution in [3.63, 3.8) is 0 Å². The predicted molar refractivity (Wildman–Crippen MR) is 54.8 cm³/mol. The molecule has 76 valence electrons. The minimum Gasteiger partial charge on any atom is -0.393 e. The highest BCUT2D eigenvalue weighted by molar-refractivity contribution is 8.00. The predicted octanol–water partition coefficient (Wildman–Crippen LogP) is 0.767. The molecule has 0 aliphatic heterocycles.